The second-order valence-electron chi connectivity index (χ2n) is 1.65. The van der Waals surface area contributed by atoms with Crippen LogP contribution in [0.4, 0.5) is 0 Å². The Labute approximate surface area is 57.1 Å². The lowest BCUT2D eigenvalue weighted by atomic mass is 10.7. The van der Waals surface area contributed by atoms with Crippen molar-refractivity contribution in [3.8, 4) is 0 Å². The van der Waals surface area contributed by atoms with Gasteiger partial charge in [0.1, 0.15) is 5.75 Å². The van der Waals surface area contributed by atoms with Crippen LogP contribution in [0.3, 0.4) is 0 Å². The molecule has 0 radical (unpaired) electrons. The number of hydrogen-bond donors (Lipinski definition) is 1. The molecule has 1 heterocycles. The van der Waals surface area contributed by atoms with Crippen LogP contribution in [-0.2, 0) is 15.8 Å². The van der Waals surface area contributed by atoms with Crippen molar-refractivity contribution < 1.29 is 12.9 Å². The Hall–Kier alpha value is -0.950. The van der Waals surface area contributed by atoms with Crippen LogP contribution in [0.5, 0.6) is 0 Å². The molecule has 0 aromatic carbocycles. The van der Waals surface area contributed by atoms with Gasteiger partial charge in [0.05, 0.1) is 0 Å². The van der Waals surface area contributed by atoms with Crippen molar-refractivity contribution in [2.75, 3.05) is 0 Å². The Morgan fingerprint density at radius 3 is 2.80 bits per heavy atom. The highest BCUT2D eigenvalue weighted by atomic mass is 32.2. The summed E-state index contributed by atoms with van der Waals surface area (Å²) in [7, 11) is -3.53. The minimum absolute atomic E-state index is 0.0718. The molecule has 0 atom stereocenters. The van der Waals surface area contributed by atoms with Crippen molar-refractivity contribution in [3.63, 3.8) is 0 Å². The number of primary sulfonamides is 1. The fraction of sp³-hybridized carbons (Fsp3) is 0.333. The van der Waals surface area contributed by atoms with Gasteiger partial charge in [0.2, 0.25) is 16.4 Å². The summed E-state index contributed by atoms with van der Waals surface area (Å²) in [5.74, 6) is -0.314. The van der Waals surface area contributed by atoms with Gasteiger partial charge in [0.15, 0.2) is 5.82 Å². The lowest BCUT2D eigenvalue weighted by Gasteiger charge is -1.87. The molecule has 0 spiro atoms. The highest BCUT2D eigenvalue weighted by molar-refractivity contribution is 7.88. The zero-order chi connectivity index (χ0) is 7.61. The maximum Gasteiger partial charge on any atom is 0.216 e. The number of rotatable bonds is 2. The van der Waals surface area contributed by atoms with Crippen molar-refractivity contribution in [1.82, 2.24) is 10.1 Å². The lowest BCUT2D eigenvalue weighted by Crippen LogP contribution is -2.15. The molecule has 1 rings (SSSR count). The molecule has 2 N–H and O–H groups in total. The molecule has 0 aliphatic carbocycles. The minimum atomic E-state index is -3.53. The molecule has 6 nitrogen and oxygen atoms in total. The number of sulfonamides is 1. The smallest absolute Gasteiger partial charge is 0.216 e. The first-order valence-electron chi connectivity index (χ1n) is 2.33. The Bertz CT molecular complexity index is 289. The van der Waals surface area contributed by atoms with Crippen molar-refractivity contribution >= 4 is 10.0 Å². The molecule has 0 amide bonds. The maximum absolute atomic E-state index is 10.4. The minimum Gasteiger partial charge on any atom is -0.343 e. The molecule has 10 heavy (non-hydrogen) atoms. The monoisotopic (exact) mass is 163 g/mol. The first-order valence-corrected chi connectivity index (χ1v) is 4.05. The summed E-state index contributed by atoms with van der Waals surface area (Å²) in [5, 5.41) is 7.93. The maximum atomic E-state index is 10.4. The second-order valence-corrected chi connectivity index (χ2v) is 3.27. The predicted octanol–water partition coefficient (Wildman–Crippen LogP) is -1.14. The number of hydrogen-bond acceptors (Lipinski definition) is 5. The van der Waals surface area contributed by atoms with Gasteiger partial charge in [0, 0.05) is 0 Å². The summed E-state index contributed by atoms with van der Waals surface area (Å²) < 4.78 is 25.0. The van der Waals surface area contributed by atoms with Gasteiger partial charge in [-0.2, -0.15) is 4.98 Å². The summed E-state index contributed by atoms with van der Waals surface area (Å²) in [6.45, 7) is 0. The predicted molar refractivity (Wildman–Crippen MR) is 31.1 cm³/mol. The fourth-order valence-electron chi connectivity index (χ4n) is 0.436. The van der Waals surface area contributed by atoms with Crippen LogP contribution >= 0.6 is 0 Å². The van der Waals surface area contributed by atoms with Crippen molar-refractivity contribution in [1.29, 1.82) is 0 Å². The molecule has 0 aliphatic rings. The molecule has 1 aromatic heterocycles. The molecule has 0 unspecified atom stereocenters. The van der Waals surface area contributed by atoms with Crippen molar-refractivity contribution in [2.24, 2.45) is 5.14 Å². The molecule has 0 aliphatic heterocycles. The molecule has 56 valence electrons. The van der Waals surface area contributed by atoms with E-state index >= 15 is 0 Å². The summed E-state index contributed by atoms with van der Waals surface area (Å²) in [4.78, 5) is 3.46. The van der Waals surface area contributed by atoms with E-state index in [4.69, 9.17) is 0 Å². The van der Waals surface area contributed by atoms with Crippen LogP contribution in [0.15, 0.2) is 10.9 Å². The van der Waals surface area contributed by atoms with Gasteiger partial charge in [-0.1, -0.05) is 5.16 Å². The third kappa shape index (κ3) is 2.11. The Morgan fingerprint density at radius 1 is 1.70 bits per heavy atom. The van der Waals surface area contributed by atoms with Crippen LogP contribution in [0.1, 0.15) is 5.82 Å². The molecular formula is C3H5N3O3S. The molecule has 1 aromatic rings. The normalized spacial score (nSPS) is 11.7. The van der Waals surface area contributed by atoms with Crippen LogP contribution in [-0.4, -0.2) is 18.6 Å². The van der Waals surface area contributed by atoms with E-state index in [1.54, 1.807) is 0 Å². The standard InChI is InChI=1S/C3H5N3O3S/c4-10(7,8)1-3-5-2-9-6-3/h2H,1H2,(H2,4,7,8). The molecule has 0 bridgehead atoms. The van der Waals surface area contributed by atoms with E-state index in [0.29, 0.717) is 0 Å². The van der Waals surface area contributed by atoms with Gasteiger partial charge < -0.3 is 4.52 Å². The van der Waals surface area contributed by atoms with Gasteiger partial charge in [0.25, 0.3) is 0 Å². The zero-order valence-electron chi connectivity index (χ0n) is 4.89. The Balaban J connectivity index is 2.75. The third-order valence-corrected chi connectivity index (χ3v) is 1.40. The number of nitrogens with two attached hydrogens (primary N) is 1. The summed E-state index contributed by atoms with van der Waals surface area (Å²) in [5.41, 5.74) is 0. The van der Waals surface area contributed by atoms with E-state index in [2.05, 4.69) is 19.8 Å². The highest BCUT2D eigenvalue weighted by Crippen LogP contribution is 1.92. The highest BCUT2D eigenvalue weighted by Gasteiger charge is 2.07. The number of aromatic nitrogens is 2. The third-order valence-electron chi connectivity index (χ3n) is 0.737. The van der Waals surface area contributed by atoms with Crippen molar-refractivity contribution in [3.05, 3.63) is 12.2 Å². The Morgan fingerprint density at radius 2 is 2.40 bits per heavy atom. The van der Waals surface area contributed by atoms with Gasteiger partial charge >= 0.3 is 0 Å². The average Bonchev–Trinajstić information content (AvgIpc) is 2.12. The molecule has 0 saturated carbocycles. The summed E-state index contributed by atoms with van der Waals surface area (Å²) >= 11 is 0. The zero-order valence-corrected chi connectivity index (χ0v) is 5.71. The molecular weight excluding hydrogens is 158 g/mol. The van der Waals surface area contributed by atoms with Gasteiger partial charge in [-0.3, -0.25) is 0 Å². The molecule has 0 saturated heterocycles. The average molecular weight is 163 g/mol. The van der Waals surface area contributed by atoms with Gasteiger partial charge in [-0.05, 0) is 0 Å². The topological polar surface area (TPSA) is 99.1 Å². The summed E-state index contributed by atoms with van der Waals surface area (Å²) in [6, 6.07) is 0. The number of nitrogens with zero attached hydrogens (tertiary/aromatic N) is 2. The van der Waals surface area contributed by atoms with Gasteiger partial charge in [-0.25, -0.2) is 13.6 Å². The van der Waals surface area contributed by atoms with E-state index in [1.807, 2.05) is 0 Å². The van der Waals surface area contributed by atoms with Crippen LogP contribution in [0.25, 0.3) is 0 Å². The first kappa shape index (κ1) is 7.16. The SMILES string of the molecule is NS(=O)(=O)Cc1ncon1. The first-order chi connectivity index (χ1) is 4.58. The van der Waals surface area contributed by atoms with E-state index in [9.17, 15) is 8.42 Å². The van der Waals surface area contributed by atoms with Crippen LogP contribution in [0.2, 0.25) is 0 Å². The molecule has 7 heteroatoms. The fourth-order valence-corrected chi connectivity index (χ4v) is 0.923. The largest absolute Gasteiger partial charge is 0.343 e. The summed E-state index contributed by atoms with van der Waals surface area (Å²) in [6.07, 6.45) is 1.04. The quantitative estimate of drug-likeness (QED) is 0.594. The van der Waals surface area contributed by atoms with E-state index in [1.165, 1.54) is 0 Å². The van der Waals surface area contributed by atoms with E-state index in [0.717, 1.165) is 6.39 Å². The van der Waals surface area contributed by atoms with Crippen LogP contribution < -0.4 is 5.14 Å². The van der Waals surface area contributed by atoms with Crippen LogP contribution in [0, 0.1) is 0 Å². The van der Waals surface area contributed by atoms with Gasteiger partial charge in [-0.15, -0.1) is 0 Å². The van der Waals surface area contributed by atoms with E-state index in [-0.39, 0.29) is 11.6 Å². The lowest BCUT2D eigenvalue weighted by molar-refractivity contribution is 0.411. The van der Waals surface area contributed by atoms with E-state index < -0.39 is 10.0 Å². The molecule has 0 fully saturated rings. The second kappa shape index (κ2) is 2.35. The Kier molecular flexibility index (Phi) is 1.68. The van der Waals surface area contributed by atoms with Crippen molar-refractivity contribution in [2.45, 2.75) is 5.75 Å².